The number of aliphatic hydroxyl groups excluding tert-OH is 2. The third kappa shape index (κ3) is 8.06. The maximum Gasteiger partial charge on any atom is 0.316 e. The fourth-order valence-corrected chi connectivity index (χ4v) is 8.25. The smallest absolute Gasteiger partial charge is 0.316 e. The molecule has 5 aliphatic rings. The molecule has 3 saturated heterocycles. The third-order valence-corrected chi connectivity index (χ3v) is 11.7. The minimum Gasteiger partial charge on any atom is -0.462 e. The normalized spacial score (nSPS) is 42.9. The number of aliphatic hydroxyl groups is 3. The number of rotatable bonds is 5. The first-order chi connectivity index (χ1) is 25.3. The number of carbonyl (C=O) groups excluding carboxylic acids is 3. The van der Waals surface area contributed by atoms with Crippen molar-refractivity contribution >= 4 is 17.9 Å². The minimum absolute atomic E-state index is 0.0324. The maximum atomic E-state index is 14.3. The Hall–Kier alpha value is -3.13. The number of carbonyl (C=O) groups is 3. The van der Waals surface area contributed by atoms with Crippen molar-refractivity contribution in [2.75, 3.05) is 6.61 Å². The van der Waals surface area contributed by atoms with Crippen molar-refractivity contribution in [3.05, 3.63) is 58.7 Å². The topological polar surface area (TPSA) is 167 Å². The predicted octanol–water partition coefficient (Wildman–Crippen LogP) is 4.81. The van der Waals surface area contributed by atoms with Crippen LogP contribution in [0.25, 0.3) is 0 Å². The maximum absolute atomic E-state index is 14.3. The van der Waals surface area contributed by atoms with Gasteiger partial charge >= 0.3 is 17.9 Å². The fraction of sp³-hybridized carbons (Fsp3) is 0.690. The summed E-state index contributed by atoms with van der Waals surface area (Å²) in [5, 5.41) is 35.6. The van der Waals surface area contributed by atoms with Gasteiger partial charge in [0, 0.05) is 24.7 Å². The van der Waals surface area contributed by atoms with Gasteiger partial charge in [0.25, 0.3) is 0 Å². The van der Waals surface area contributed by atoms with Crippen LogP contribution in [0.2, 0.25) is 0 Å². The molecule has 2 bridgehead atoms. The number of ether oxygens (including phenoxy) is 6. The SMILES string of the molecule is C/C=C(/C)C1O[C@@]2(C[C@@H]3C[C@@H](C/C=C(\C)[C@H](OC(=O)C(C)C)[C@@H](C)/C=C/C=C4\CO[C@@H]5[C@H](O)C(C)=C[C@@H](C(=O)O3)[C@]45O)O2)[C@H](O)[C@@H](OC(=O)C(C)C)[C@@H]1C. The summed E-state index contributed by atoms with van der Waals surface area (Å²) in [6, 6.07) is 0. The Bertz CT molecular complexity index is 1590. The Kier molecular flexibility index (Phi) is 12.9. The van der Waals surface area contributed by atoms with Crippen LogP contribution in [0.4, 0.5) is 0 Å². The lowest BCUT2D eigenvalue weighted by atomic mass is 9.71. The van der Waals surface area contributed by atoms with E-state index in [4.69, 9.17) is 28.4 Å². The molecule has 1 unspecified atom stereocenters. The van der Waals surface area contributed by atoms with Gasteiger partial charge in [-0.3, -0.25) is 14.4 Å². The van der Waals surface area contributed by atoms with Crippen LogP contribution in [-0.2, 0) is 42.8 Å². The lowest BCUT2D eigenvalue weighted by Crippen LogP contribution is -2.67. The van der Waals surface area contributed by atoms with Gasteiger partial charge < -0.3 is 43.7 Å². The lowest BCUT2D eigenvalue weighted by molar-refractivity contribution is -0.380. The molecule has 13 atom stereocenters. The van der Waals surface area contributed by atoms with Gasteiger partial charge in [-0.05, 0) is 56.4 Å². The van der Waals surface area contributed by atoms with Crippen LogP contribution in [0.15, 0.2) is 58.7 Å². The zero-order valence-corrected chi connectivity index (χ0v) is 33.3. The van der Waals surface area contributed by atoms with E-state index < -0.39 is 89.9 Å². The number of esters is 3. The average molecular weight is 757 g/mol. The van der Waals surface area contributed by atoms with Crippen molar-refractivity contribution < 1.29 is 58.1 Å². The van der Waals surface area contributed by atoms with Gasteiger partial charge in [0.2, 0.25) is 5.79 Å². The largest absolute Gasteiger partial charge is 0.462 e. The molecule has 3 fully saturated rings. The van der Waals surface area contributed by atoms with Gasteiger partial charge in [0.1, 0.15) is 48.1 Å². The van der Waals surface area contributed by atoms with E-state index in [0.29, 0.717) is 11.1 Å². The molecule has 1 spiro atoms. The summed E-state index contributed by atoms with van der Waals surface area (Å²) in [5.41, 5.74) is 0.528. The molecule has 4 aliphatic heterocycles. The number of fused-ring (bicyclic) bond motifs is 2. The zero-order chi connectivity index (χ0) is 39.9. The van der Waals surface area contributed by atoms with Crippen LogP contribution in [0.1, 0.15) is 88.5 Å². The summed E-state index contributed by atoms with van der Waals surface area (Å²) in [4.78, 5) is 40.3. The van der Waals surface area contributed by atoms with Gasteiger partial charge in [-0.2, -0.15) is 0 Å². The molecule has 3 N–H and O–H groups in total. The minimum atomic E-state index is -1.93. The molecule has 0 aromatic rings. The fourth-order valence-electron chi connectivity index (χ4n) is 8.25. The molecule has 0 aromatic heterocycles. The number of allylic oxidation sites excluding steroid dienone is 3. The second-order valence-electron chi connectivity index (χ2n) is 16.5. The molecular weight excluding hydrogens is 696 g/mol. The van der Waals surface area contributed by atoms with Crippen LogP contribution in [-0.4, -0.2) is 100 Å². The first-order valence-electron chi connectivity index (χ1n) is 19.4. The molecule has 5 rings (SSSR count). The highest BCUT2D eigenvalue weighted by atomic mass is 16.7. The van der Waals surface area contributed by atoms with E-state index in [1.807, 2.05) is 52.8 Å². The zero-order valence-electron chi connectivity index (χ0n) is 33.3. The lowest BCUT2D eigenvalue weighted by Gasteiger charge is -2.54. The Labute approximate surface area is 319 Å². The van der Waals surface area contributed by atoms with E-state index in [2.05, 4.69) is 0 Å². The molecule has 0 saturated carbocycles. The standard InChI is InChI=1S/C42H60O12/c1-11-23(6)34-27(10)35(52-39(46)22(4)5)36(44)41(54-34)19-30-18-29(53-41)16-15-25(8)33(51-38(45)21(2)3)24(7)13-12-14-28-20-49-37-32(43)26(9)17-31(40(47)50-30)42(28,37)48/h11-15,17,21-22,24,27,29-37,43-44,48H,16,18-20H2,1-10H3/b13-12+,23-11-,25-15+,28-14+/t24-,27+,29+,30-,31-,32+,33+,34?,35-,36+,37+,41-,42+/m0/s1. The number of hydrogen-bond acceptors (Lipinski definition) is 12. The second-order valence-corrected chi connectivity index (χ2v) is 16.5. The number of hydrogen-bond donors (Lipinski definition) is 3. The van der Waals surface area contributed by atoms with Gasteiger partial charge in [-0.1, -0.05) is 78.0 Å². The van der Waals surface area contributed by atoms with Gasteiger partial charge in [0.15, 0.2) is 0 Å². The van der Waals surface area contributed by atoms with E-state index in [1.54, 1.807) is 46.8 Å². The monoisotopic (exact) mass is 756 g/mol. The van der Waals surface area contributed by atoms with Crippen molar-refractivity contribution in [1.82, 2.24) is 0 Å². The molecule has 0 radical (unpaired) electrons. The Morgan fingerprint density at radius 2 is 1.67 bits per heavy atom. The van der Waals surface area contributed by atoms with Crippen LogP contribution in [0.5, 0.6) is 0 Å². The van der Waals surface area contributed by atoms with Crippen molar-refractivity contribution in [3.63, 3.8) is 0 Å². The Morgan fingerprint density at radius 3 is 2.31 bits per heavy atom. The molecular formula is C42H60O12. The van der Waals surface area contributed by atoms with Gasteiger partial charge in [0.05, 0.1) is 30.7 Å². The van der Waals surface area contributed by atoms with Crippen molar-refractivity contribution in [3.8, 4) is 0 Å². The molecule has 4 heterocycles. The highest BCUT2D eigenvalue weighted by Crippen LogP contribution is 2.48. The first kappa shape index (κ1) is 42.0. The Balaban J connectivity index is 1.63. The summed E-state index contributed by atoms with van der Waals surface area (Å²) in [7, 11) is 0. The molecule has 12 heteroatoms. The molecule has 0 amide bonds. The van der Waals surface area contributed by atoms with E-state index in [0.717, 1.165) is 11.1 Å². The highest BCUT2D eigenvalue weighted by Gasteiger charge is 2.62. The molecule has 54 heavy (non-hydrogen) atoms. The van der Waals surface area contributed by atoms with Gasteiger partial charge in [-0.15, -0.1) is 0 Å². The van der Waals surface area contributed by atoms with Crippen LogP contribution >= 0.6 is 0 Å². The quantitative estimate of drug-likeness (QED) is 0.200. The van der Waals surface area contributed by atoms with E-state index in [9.17, 15) is 29.7 Å². The van der Waals surface area contributed by atoms with Crippen molar-refractivity contribution in [1.29, 1.82) is 0 Å². The van der Waals surface area contributed by atoms with Gasteiger partial charge in [-0.25, -0.2) is 0 Å². The molecule has 300 valence electrons. The van der Waals surface area contributed by atoms with Crippen molar-refractivity contribution in [2.24, 2.45) is 29.6 Å². The average Bonchev–Trinajstić information content (AvgIpc) is 3.46. The molecule has 12 nitrogen and oxygen atoms in total. The predicted molar refractivity (Wildman–Crippen MR) is 198 cm³/mol. The first-order valence-corrected chi connectivity index (χ1v) is 19.4. The summed E-state index contributed by atoms with van der Waals surface area (Å²) in [6.07, 6.45) is 3.47. The molecule has 1 aliphatic carbocycles. The van der Waals surface area contributed by atoms with Crippen LogP contribution in [0.3, 0.4) is 0 Å². The van der Waals surface area contributed by atoms with Crippen LogP contribution < -0.4 is 0 Å². The Morgan fingerprint density at radius 1 is 1.00 bits per heavy atom. The van der Waals surface area contributed by atoms with Crippen molar-refractivity contribution in [2.45, 2.75) is 149 Å². The summed E-state index contributed by atoms with van der Waals surface area (Å²) >= 11 is 0. The highest BCUT2D eigenvalue weighted by molar-refractivity contribution is 5.78. The van der Waals surface area contributed by atoms with E-state index in [1.165, 1.54) is 6.08 Å². The molecule has 0 aromatic carbocycles. The summed E-state index contributed by atoms with van der Waals surface area (Å²) in [6.45, 7) is 18.0. The van der Waals surface area contributed by atoms with Crippen LogP contribution in [0, 0.1) is 29.6 Å². The second kappa shape index (κ2) is 16.5. The third-order valence-electron chi connectivity index (χ3n) is 11.7. The summed E-state index contributed by atoms with van der Waals surface area (Å²) < 4.78 is 37.7. The summed E-state index contributed by atoms with van der Waals surface area (Å²) in [5.74, 6) is -6.13. The van der Waals surface area contributed by atoms with E-state index in [-0.39, 0.29) is 43.7 Å². The van der Waals surface area contributed by atoms with E-state index >= 15 is 0 Å².